The van der Waals surface area contributed by atoms with Gasteiger partial charge in [0.15, 0.2) is 0 Å². The maximum Gasteiger partial charge on any atom is 0.329 e. The molecule has 0 fully saturated rings. The first-order chi connectivity index (χ1) is 12.9. The summed E-state index contributed by atoms with van der Waals surface area (Å²) in [5, 5.41) is 9.28. The van der Waals surface area contributed by atoms with Gasteiger partial charge < -0.3 is 10.6 Å². The fourth-order valence-electron chi connectivity index (χ4n) is 2.94. The van der Waals surface area contributed by atoms with E-state index in [0.29, 0.717) is 12.3 Å². The summed E-state index contributed by atoms with van der Waals surface area (Å²) >= 11 is 0. The molecule has 2 rings (SSSR count). The zero-order valence-corrected chi connectivity index (χ0v) is 16.2. The minimum atomic E-state index is -0.840. The van der Waals surface area contributed by atoms with E-state index >= 15 is 0 Å². The molecule has 1 aliphatic rings. The Kier molecular flexibility index (Phi) is 7.52. The Morgan fingerprint density at radius 3 is 2.59 bits per heavy atom. The van der Waals surface area contributed by atoms with Crippen molar-refractivity contribution in [1.82, 2.24) is 10.7 Å². The lowest BCUT2D eigenvalue weighted by atomic mass is 9.90. The Labute approximate surface area is 160 Å². The highest BCUT2D eigenvalue weighted by Gasteiger charge is 2.16. The molecule has 27 heavy (non-hydrogen) atoms. The first-order valence-electron chi connectivity index (χ1n) is 9.38. The third-order valence-corrected chi connectivity index (χ3v) is 4.31. The molecule has 1 aromatic rings. The van der Waals surface area contributed by atoms with Crippen molar-refractivity contribution >= 4 is 29.1 Å². The van der Waals surface area contributed by atoms with Gasteiger partial charge in [-0.3, -0.25) is 14.4 Å². The van der Waals surface area contributed by atoms with Gasteiger partial charge in [0.05, 0.1) is 6.42 Å². The standard InChI is InChI=1S/C20H28N4O3/c1-13(2)12-21-19(26)20(27)24-23-14(3)11-18(25)22-17-10-6-8-15-7-4-5-9-16(15)17/h6,8,10,13H,4-5,7,9,11-12H2,1-3H3,(H,21,26)(H,22,25)(H,24,27)/b23-14+. The van der Waals surface area contributed by atoms with Crippen LogP contribution < -0.4 is 16.1 Å². The Morgan fingerprint density at radius 2 is 1.85 bits per heavy atom. The van der Waals surface area contributed by atoms with Crippen LogP contribution in [0, 0.1) is 5.92 Å². The van der Waals surface area contributed by atoms with Gasteiger partial charge >= 0.3 is 11.8 Å². The summed E-state index contributed by atoms with van der Waals surface area (Å²) in [6.45, 7) is 5.91. The number of hydrazone groups is 1. The number of rotatable bonds is 6. The second kappa shape index (κ2) is 9.85. The molecule has 0 radical (unpaired) electrons. The summed E-state index contributed by atoms with van der Waals surface area (Å²) in [5.41, 5.74) is 5.96. The molecule has 7 heteroatoms. The second-order valence-corrected chi connectivity index (χ2v) is 7.27. The van der Waals surface area contributed by atoms with Crippen molar-refractivity contribution in [2.75, 3.05) is 11.9 Å². The molecule has 0 bridgehead atoms. The number of carbonyl (C=O) groups excluding carboxylic acids is 3. The predicted octanol–water partition coefficient (Wildman–Crippen LogP) is 2.16. The SMILES string of the molecule is C/C(CC(=O)Nc1cccc2c1CCCC2)=N\NC(=O)C(=O)NCC(C)C. The number of aryl methyl sites for hydroxylation is 1. The molecular formula is C20H28N4O3. The molecule has 1 aromatic carbocycles. The fraction of sp³-hybridized carbons (Fsp3) is 0.500. The Hall–Kier alpha value is -2.70. The van der Waals surface area contributed by atoms with E-state index in [0.717, 1.165) is 24.9 Å². The van der Waals surface area contributed by atoms with Crippen molar-refractivity contribution in [3.05, 3.63) is 29.3 Å². The Bertz CT molecular complexity index is 741. The minimum absolute atomic E-state index is 0.0392. The van der Waals surface area contributed by atoms with Gasteiger partial charge in [0.2, 0.25) is 5.91 Å². The van der Waals surface area contributed by atoms with Crippen LogP contribution in [0.4, 0.5) is 5.69 Å². The zero-order chi connectivity index (χ0) is 19.8. The number of amides is 3. The molecular weight excluding hydrogens is 344 g/mol. The van der Waals surface area contributed by atoms with Crippen molar-refractivity contribution in [2.45, 2.75) is 52.9 Å². The first kappa shape index (κ1) is 20.6. The topological polar surface area (TPSA) is 99.7 Å². The van der Waals surface area contributed by atoms with Crippen LogP contribution in [-0.4, -0.2) is 30.0 Å². The van der Waals surface area contributed by atoms with Crippen LogP contribution in [0.15, 0.2) is 23.3 Å². The minimum Gasteiger partial charge on any atom is -0.348 e. The number of hydrogen-bond donors (Lipinski definition) is 3. The molecule has 7 nitrogen and oxygen atoms in total. The van der Waals surface area contributed by atoms with Gasteiger partial charge in [-0.1, -0.05) is 26.0 Å². The van der Waals surface area contributed by atoms with Gasteiger partial charge in [-0.15, -0.1) is 0 Å². The quantitative estimate of drug-likeness (QED) is 0.405. The molecule has 0 saturated carbocycles. The van der Waals surface area contributed by atoms with Crippen LogP contribution in [0.5, 0.6) is 0 Å². The lowest BCUT2D eigenvalue weighted by Gasteiger charge is -2.19. The molecule has 146 valence electrons. The van der Waals surface area contributed by atoms with Crippen LogP contribution in [0.1, 0.15) is 51.2 Å². The van der Waals surface area contributed by atoms with Crippen molar-refractivity contribution in [3.63, 3.8) is 0 Å². The maximum atomic E-state index is 12.3. The molecule has 0 unspecified atom stereocenters. The molecule has 0 heterocycles. The van der Waals surface area contributed by atoms with Gasteiger partial charge in [0, 0.05) is 17.9 Å². The smallest absolute Gasteiger partial charge is 0.329 e. The van der Waals surface area contributed by atoms with Gasteiger partial charge in [-0.25, -0.2) is 5.43 Å². The van der Waals surface area contributed by atoms with Crippen molar-refractivity contribution in [3.8, 4) is 0 Å². The molecule has 1 aliphatic carbocycles. The third-order valence-electron chi connectivity index (χ3n) is 4.31. The van der Waals surface area contributed by atoms with E-state index in [-0.39, 0.29) is 18.2 Å². The van der Waals surface area contributed by atoms with E-state index < -0.39 is 11.8 Å². The van der Waals surface area contributed by atoms with E-state index in [1.54, 1.807) is 6.92 Å². The summed E-state index contributed by atoms with van der Waals surface area (Å²) in [6.07, 6.45) is 4.37. The second-order valence-electron chi connectivity index (χ2n) is 7.27. The van der Waals surface area contributed by atoms with E-state index in [1.165, 1.54) is 17.5 Å². The number of anilines is 1. The lowest BCUT2D eigenvalue weighted by Crippen LogP contribution is -2.39. The number of fused-ring (bicyclic) bond motifs is 1. The monoisotopic (exact) mass is 372 g/mol. The van der Waals surface area contributed by atoms with Crippen LogP contribution in [0.25, 0.3) is 0 Å². The highest BCUT2D eigenvalue weighted by Crippen LogP contribution is 2.27. The normalized spacial score (nSPS) is 13.7. The molecule has 0 aliphatic heterocycles. The highest BCUT2D eigenvalue weighted by atomic mass is 16.2. The van der Waals surface area contributed by atoms with Gasteiger partial charge in [-0.05, 0) is 55.7 Å². The fourth-order valence-corrected chi connectivity index (χ4v) is 2.94. The van der Waals surface area contributed by atoms with Gasteiger partial charge in [-0.2, -0.15) is 5.10 Å². The Morgan fingerprint density at radius 1 is 1.11 bits per heavy atom. The first-order valence-corrected chi connectivity index (χ1v) is 9.38. The largest absolute Gasteiger partial charge is 0.348 e. The van der Waals surface area contributed by atoms with Crippen molar-refractivity contribution in [1.29, 1.82) is 0 Å². The predicted molar refractivity (Wildman–Crippen MR) is 105 cm³/mol. The van der Waals surface area contributed by atoms with E-state index in [2.05, 4.69) is 27.2 Å². The average molecular weight is 372 g/mol. The van der Waals surface area contributed by atoms with Crippen molar-refractivity contribution in [2.24, 2.45) is 11.0 Å². The highest BCUT2D eigenvalue weighted by molar-refractivity contribution is 6.35. The number of hydrogen-bond acceptors (Lipinski definition) is 4. The molecule has 0 aromatic heterocycles. The molecule has 3 N–H and O–H groups in total. The van der Waals surface area contributed by atoms with Crippen LogP contribution in [0.3, 0.4) is 0 Å². The summed E-state index contributed by atoms with van der Waals surface area (Å²) in [7, 11) is 0. The number of nitrogens with zero attached hydrogens (tertiary/aromatic N) is 1. The summed E-state index contributed by atoms with van der Waals surface area (Å²) in [6, 6.07) is 5.97. The number of carbonyl (C=O) groups is 3. The van der Waals surface area contributed by atoms with E-state index in [4.69, 9.17) is 0 Å². The van der Waals surface area contributed by atoms with E-state index in [9.17, 15) is 14.4 Å². The van der Waals surface area contributed by atoms with Crippen molar-refractivity contribution < 1.29 is 14.4 Å². The molecule has 3 amide bonds. The Balaban J connectivity index is 1.86. The maximum absolute atomic E-state index is 12.3. The summed E-state index contributed by atoms with van der Waals surface area (Å²) in [4.78, 5) is 35.5. The molecule has 0 atom stereocenters. The van der Waals surface area contributed by atoms with Crippen LogP contribution >= 0.6 is 0 Å². The third kappa shape index (κ3) is 6.51. The molecule has 0 saturated heterocycles. The number of benzene rings is 1. The van der Waals surface area contributed by atoms with Crippen LogP contribution in [0.2, 0.25) is 0 Å². The summed E-state index contributed by atoms with van der Waals surface area (Å²) < 4.78 is 0. The van der Waals surface area contributed by atoms with E-state index in [1.807, 2.05) is 26.0 Å². The lowest BCUT2D eigenvalue weighted by molar-refractivity contribution is -0.139. The summed E-state index contributed by atoms with van der Waals surface area (Å²) in [5.74, 6) is -1.53. The molecule has 0 spiro atoms. The zero-order valence-electron chi connectivity index (χ0n) is 16.2. The van der Waals surface area contributed by atoms with Gasteiger partial charge in [0.1, 0.15) is 0 Å². The number of nitrogens with one attached hydrogen (secondary N) is 3. The average Bonchev–Trinajstić information content (AvgIpc) is 2.64. The van der Waals surface area contributed by atoms with Crippen LogP contribution in [-0.2, 0) is 27.2 Å². The van der Waals surface area contributed by atoms with Gasteiger partial charge in [0.25, 0.3) is 0 Å².